The summed E-state index contributed by atoms with van der Waals surface area (Å²) in [4.78, 5) is 12.3. The first kappa shape index (κ1) is 18.3. The maximum absolute atomic E-state index is 12.3. The van der Waals surface area contributed by atoms with Gasteiger partial charge in [0.05, 0.1) is 17.0 Å². The number of aromatic amines is 1. The van der Waals surface area contributed by atoms with Gasteiger partial charge >= 0.3 is 0 Å². The fourth-order valence-electron chi connectivity index (χ4n) is 1.90. The number of amides is 1. The summed E-state index contributed by atoms with van der Waals surface area (Å²) in [5.41, 5.74) is 1.16. The lowest BCUT2D eigenvalue weighted by Crippen LogP contribution is -2.14. The van der Waals surface area contributed by atoms with Gasteiger partial charge in [-0.15, -0.1) is 0 Å². The maximum atomic E-state index is 12.3. The first-order valence-corrected chi connectivity index (χ1v) is 9.37. The average Bonchev–Trinajstić information content (AvgIpc) is 2.88. The standard InChI is InChI=1S/C15H19ClN4O3S/c1-15(2,3)12-8-13(19-18-12)17-14(21)9-5-6-10(16)11(7-9)20-24(4,22)23/h5-8,20H,1-4H3,(H2,17,18,19,21). The predicted octanol–water partition coefficient (Wildman–Crippen LogP) is 2.98. The van der Waals surface area contributed by atoms with Crippen molar-refractivity contribution >= 4 is 39.0 Å². The van der Waals surface area contributed by atoms with Crippen molar-refractivity contribution in [1.82, 2.24) is 10.2 Å². The Balaban J connectivity index is 2.21. The summed E-state index contributed by atoms with van der Waals surface area (Å²) >= 11 is 5.94. The van der Waals surface area contributed by atoms with Gasteiger partial charge in [0, 0.05) is 22.7 Å². The highest BCUT2D eigenvalue weighted by Crippen LogP contribution is 2.25. The third-order valence-electron chi connectivity index (χ3n) is 3.15. The van der Waals surface area contributed by atoms with E-state index in [0.717, 1.165) is 11.9 Å². The van der Waals surface area contributed by atoms with Crippen LogP contribution in [0.2, 0.25) is 5.02 Å². The highest BCUT2D eigenvalue weighted by Gasteiger charge is 2.18. The molecule has 0 atom stereocenters. The maximum Gasteiger partial charge on any atom is 0.256 e. The van der Waals surface area contributed by atoms with Gasteiger partial charge < -0.3 is 5.32 Å². The Morgan fingerprint density at radius 2 is 1.92 bits per heavy atom. The normalized spacial score (nSPS) is 12.0. The Labute approximate surface area is 145 Å². The average molecular weight is 371 g/mol. The minimum absolute atomic E-state index is 0.122. The number of rotatable bonds is 4. The largest absolute Gasteiger partial charge is 0.305 e. The molecule has 9 heteroatoms. The van der Waals surface area contributed by atoms with Crippen LogP contribution in [0.25, 0.3) is 0 Å². The van der Waals surface area contributed by atoms with Crippen LogP contribution in [0.15, 0.2) is 24.3 Å². The van der Waals surface area contributed by atoms with E-state index >= 15 is 0 Å². The molecular formula is C15H19ClN4O3S. The molecule has 1 aromatic heterocycles. The van der Waals surface area contributed by atoms with Gasteiger partial charge in [-0.1, -0.05) is 32.4 Å². The van der Waals surface area contributed by atoms with E-state index in [1.165, 1.54) is 18.2 Å². The Morgan fingerprint density at radius 1 is 1.25 bits per heavy atom. The Morgan fingerprint density at radius 3 is 2.46 bits per heavy atom. The molecule has 1 aromatic carbocycles. The van der Waals surface area contributed by atoms with E-state index in [9.17, 15) is 13.2 Å². The summed E-state index contributed by atoms with van der Waals surface area (Å²) in [7, 11) is -3.50. The van der Waals surface area contributed by atoms with E-state index in [2.05, 4.69) is 20.2 Å². The molecule has 0 bridgehead atoms. The zero-order chi connectivity index (χ0) is 18.1. The number of hydrogen-bond acceptors (Lipinski definition) is 4. The van der Waals surface area contributed by atoms with E-state index < -0.39 is 15.9 Å². The van der Waals surface area contributed by atoms with Crippen LogP contribution in [0, 0.1) is 0 Å². The van der Waals surface area contributed by atoms with Crippen LogP contribution in [-0.4, -0.2) is 30.8 Å². The number of nitrogens with one attached hydrogen (secondary N) is 3. The van der Waals surface area contributed by atoms with Crippen molar-refractivity contribution in [3.63, 3.8) is 0 Å². The molecule has 0 aliphatic carbocycles. The van der Waals surface area contributed by atoms with Gasteiger partial charge in [0.25, 0.3) is 5.91 Å². The summed E-state index contributed by atoms with van der Waals surface area (Å²) in [5, 5.41) is 9.79. The number of aromatic nitrogens is 2. The molecule has 0 unspecified atom stereocenters. The number of sulfonamides is 1. The number of halogens is 1. The predicted molar refractivity (Wildman–Crippen MR) is 95.2 cm³/mol. The topological polar surface area (TPSA) is 104 Å². The summed E-state index contributed by atoms with van der Waals surface area (Å²) in [6.07, 6.45) is 1.01. The molecule has 0 radical (unpaired) electrons. The van der Waals surface area contributed by atoms with Gasteiger partial charge in [-0.2, -0.15) is 5.10 Å². The van der Waals surface area contributed by atoms with Crippen molar-refractivity contribution < 1.29 is 13.2 Å². The van der Waals surface area contributed by atoms with E-state index in [1.54, 1.807) is 6.07 Å². The Bertz CT molecular complexity index is 869. The van der Waals surface area contributed by atoms with Crippen LogP contribution in [0.3, 0.4) is 0 Å². The molecule has 0 aliphatic rings. The molecule has 0 saturated carbocycles. The second-order valence-electron chi connectivity index (χ2n) is 6.44. The fourth-order valence-corrected chi connectivity index (χ4v) is 2.69. The molecule has 1 amide bonds. The first-order chi connectivity index (χ1) is 11.0. The Hall–Kier alpha value is -2.06. The quantitative estimate of drug-likeness (QED) is 0.769. The van der Waals surface area contributed by atoms with E-state index in [4.69, 9.17) is 11.6 Å². The number of nitrogens with zero attached hydrogens (tertiary/aromatic N) is 1. The molecule has 2 aromatic rings. The third-order valence-corrected chi connectivity index (χ3v) is 4.07. The molecule has 0 fully saturated rings. The monoisotopic (exact) mass is 370 g/mol. The van der Waals surface area contributed by atoms with Gasteiger partial charge in [0.1, 0.15) is 0 Å². The minimum Gasteiger partial charge on any atom is -0.305 e. The molecule has 7 nitrogen and oxygen atoms in total. The molecule has 0 saturated heterocycles. The van der Waals surface area contributed by atoms with Gasteiger partial charge in [-0.05, 0) is 18.2 Å². The van der Waals surface area contributed by atoms with E-state index in [1.807, 2.05) is 20.8 Å². The van der Waals surface area contributed by atoms with Gasteiger partial charge in [0.15, 0.2) is 5.82 Å². The summed E-state index contributed by atoms with van der Waals surface area (Å²) in [5.74, 6) is -0.0346. The van der Waals surface area contributed by atoms with E-state index in [0.29, 0.717) is 5.82 Å². The molecule has 1 heterocycles. The van der Waals surface area contributed by atoms with Gasteiger partial charge in [-0.25, -0.2) is 8.42 Å². The second kappa shape index (κ2) is 6.45. The lowest BCUT2D eigenvalue weighted by atomic mass is 9.92. The SMILES string of the molecule is CC(C)(C)c1cc(NC(=O)c2ccc(Cl)c(NS(C)(=O)=O)c2)n[nH]1. The minimum atomic E-state index is -3.50. The lowest BCUT2D eigenvalue weighted by Gasteiger charge is -2.14. The molecular weight excluding hydrogens is 352 g/mol. The zero-order valence-corrected chi connectivity index (χ0v) is 15.3. The second-order valence-corrected chi connectivity index (χ2v) is 8.60. The number of hydrogen-bond donors (Lipinski definition) is 3. The molecule has 130 valence electrons. The van der Waals surface area contributed by atoms with Gasteiger partial charge in [-0.3, -0.25) is 14.6 Å². The molecule has 0 spiro atoms. The fraction of sp³-hybridized carbons (Fsp3) is 0.333. The smallest absolute Gasteiger partial charge is 0.256 e. The highest BCUT2D eigenvalue weighted by atomic mass is 35.5. The summed E-state index contributed by atoms with van der Waals surface area (Å²) in [6, 6.07) is 6.08. The van der Waals surface area contributed by atoms with Gasteiger partial charge in [0.2, 0.25) is 10.0 Å². The highest BCUT2D eigenvalue weighted by molar-refractivity contribution is 7.92. The molecule has 0 aliphatic heterocycles. The van der Waals surface area contributed by atoms with Crippen molar-refractivity contribution in [2.45, 2.75) is 26.2 Å². The van der Waals surface area contributed by atoms with Crippen molar-refractivity contribution in [3.8, 4) is 0 Å². The van der Waals surface area contributed by atoms with Crippen molar-refractivity contribution in [1.29, 1.82) is 0 Å². The molecule has 24 heavy (non-hydrogen) atoms. The van der Waals surface area contributed by atoms with Crippen LogP contribution >= 0.6 is 11.6 Å². The van der Waals surface area contributed by atoms with Crippen molar-refractivity contribution in [2.24, 2.45) is 0 Å². The van der Waals surface area contributed by atoms with Crippen LogP contribution in [0.5, 0.6) is 0 Å². The lowest BCUT2D eigenvalue weighted by molar-refractivity contribution is 0.102. The first-order valence-electron chi connectivity index (χ1n) is 7.10. The number of carbonyl (C=O) groups excluding carboxylic acids is 1. The summed E-state index contributed by atoms with van der Waals surface area (Å²) in [6.45, 7) is 6.07. The van der Waals surface area contributed by atoms with Crippen LogP contribution in [-0.2, 0) is 15.4 Å². The van der Waals surface area contributed by atoms with Crippen LogP contribution in [0.4, 0.5) is 11.5 Å². The number of benzene rings is 1. The number of carbonyl (C=O) groups is 1. The Kier molecular flexibility index (Phi) is 4.91. The van der Waals surface area contributed by atoms with Crippen LogP contribution < -0.4 is 10.0 Å². The number of H-pyrrole nitrogens is 1. The van der Waals surface area contributed by atoms with E-state index in [-0.39, 0.29) is 21.7 Å². The molecule has 3 N–H and O–H groups in total. The van der Waals surface area contributed by atoms with Crippen molar-refractivity contribution in [2.75, 3.05) is 16.3 Å². The zero-order valence-electron chi connectivity index (χ0n) is 13.8. The summed E-state index contributed by atoms with van der Waals surface area (Å²) < 4.78 is 24.9. The third kappa shape index (κ3) is 4.72. The van der Waals surface area contributed by atoms with Crippen LogP contribution in [0.1, 0.15) is 36.8 Å². The van der Waals surface area contributed by atoms with Crippen molar-refractivity contribution in [3.05, 3.63) is 40.5 Å². The molecule has 2 rings (SSSR count). The number of anilines is 2.